The molecule has 1 amide bonds. The first kappa shape index (κ1) is 25.5. The first-order chi connectivity index (χ1) is 15.7. The number of fused-ring (bicyclic) bond motifs is 1. The van der Waals surface area contributed by atoms with Crippen molar-refractivity contribution in [2.45, 2.75) is 50.2 Å². The number of aliphatic hydroxyl groups is 1. The van der Waals surface area contributed by atoms with Gasteiger partial charge in [0.05, 0.1) is 13.2 Å². The normalized spacial score (nSPS) is 23.5. The van der Waals surface area contributed by atoms with Gasteiger partial charge in [-0.05, 0) is 38.0 Å². The number of rotatable bonds is 6. The summed E-state index contributed by atoms with van der Waals surface area (Å²) in [5.41, 5.74) is 0.605. The Hall–Kier alpha value is -2.12. The summed E-state index contributed by atoms with van der Waals surface area (Å²) in [4.78, 5) is 14.5. The van der Waals surface area contributed by atoms with Crippen molar-refractivity contribution in [3.8, 4) is 17.6 Å². The van der Waals surface area contributed by atoms with Crippen LogP contribution in [0.4, 0.5) is 0 Å². The van der Waals surface area contributed by atoms with E-state index in [-0.39, 0.29) is 48.1 Å². The molecule has 1 aliphatic carbocycles. The third kappa shape index (κ3) is 5.69. The van der Waals surface area contributed by atoms with Crippen molar-refractivity contribution < 1.29 is 27.8 Å². The van der Waals surface area contributed by atoms with Crippen molar-refractivity contribution in [1.29, 1.82) is 0 Å². The molecule has 0 unspecified atom stereocenters. The molecule has 0 bridgehead atoms. The van der Waals surface area contributed by atoms with Crippen LogP contribution in [0.1, 0.15) is 38.7 Å². The highest BCUT2D eigenvalue weighted by atomic mass is 32.2. The largest absolute Gasteiger partial charge is 0.487 e. The Balaban J connectivity index is 1.99. The molecule has 1 N–H and O–H groups in total. The van der Waals surface area contributed by atoms with Gasteiger partial charge in [-0.15, -0.1) is 0 Å². The average molecular weight is 479 g/mol. The van der Waals surface area contributed by atoms with Gasteiger partial charge in [0.2, 0.25) is 15.9 Å². The van der Waals surface area contributed by atoms with E-state index in [4.69, 9.17) is 9.47 Å². The Morgan fingerprint density at radius 3 is 2.73 bits per heavy atom. The average Bonchev–Trinajstić information content (AvgIpc) is 2.74. The molecule has 1 aliphatic heterocycles. The Kier molecular flexibility index (Phi) is 8.40. The molecule has 1 aromatic rings. The van der Waals surface area contributed by atoms with Crippen molar-refractivity contribution in [2.75, 3.05) is 40.5 Å². The number of hydrogen-bond donors (Lipinski definition) is 1. The minimum absolute atomic E-state index is 0.0324. The highest BCUT2D eigenvalue weighted by Gasteiger charge is 2.39. The maximum atomic E-state index is 13.5. The zero-order valence-electron chi connectivity index (χ0n) is 19.8. The standard InChI is InChI=1S/C24H34N2O6S/c1-17-14-26(18(2)16-27)33(29,30)23-11-10-19(7-6-12-31-4)13-21(23)32-22(17)15-25(3)24(28)20-8-5-9-20/h10-11,13,17-18,20,22,27H,5,8-9,12,14-16H2,1-4H3/t17-,18-,22+/m1/s1. The van der Waals surface area contributed by atoms with Gasteiger partial charge in [-0.25, -0.2) is 8.42 Å². The molecule has 0 spiro atoms. The highest BCUT2D eigenvalue weighted by molar-refractivity contribution is 7.89. The van der Waals surface area contributed by atoms with Crippen LogP contribution in [0.5, 0.6) is 5.75 Å². The number of carbonyl (C=O) groups is 1. The summed E-state index contributed by atoms with van der Waals surface area (Å²) in [5, 5.41) is 9.74. The summed E-state index contributed by atoms with van der Waals surface area (Å²) in [6, 6.07) is 4.15. The molecule has 33 heavy (non-hydrogen) atoms. The van der Waals surface area contributed by atoms with Crippen LogP contribution < -0.4 is 4.74 Å². The zero-order valence-corrected chi connectivity index (χ0v) is 20.6. The number of ether oxygens (including phenoxy) is 2. The third-order valence-electron chi connectivity index (χ3n) is 6.40. The fraction of sp³-hybridized carbons (Fsp3) is 0.625. The summed E-state index contributed by atoms with van der Waals surface area (Å²) in [6.45, 7) is 4.07. The number of nitrogens with zero attached hydrogens (tertiary/aromatic N) is 2. The second kappa shape index (κ2) is 10.9. The van der Waals surface area contributed by atoms with Gasteiger partial charge in [-0.1, -0.05) is 25.2 Å². The van der Waals surface area contributed by atoms with Crippen LogP contribution in [0, 0.1) is 23.7 Å². The molecule has 0 radical (unpaired) electrons. The van der Waals surface area contributed by atoms with Crippen LogP contribution >= 0.6 is 0 Å². The number of carbonyl (C=O) groups excluding carboxylic acids is 1. The molecule has 8 nitrogen and oxygen atoms in total. The predicted octanol–water partition coefficient (Wildman–Crippen LogP) is 1.71. The lowest BCUT2D eigenvalue weighted by molar-refractivity contribution is -0.138. The molecule has 0 saturated heterocycles. The van der Waals surface area contributed by atoms with Crippen LogP contribution in [0.2, 0.25) is 0 Å². The Morgan fingerprint density at radius 2 is 2.12 bits per heavy atom. The van der Waals surface area contributed by atoms with Crippen molar-refractivity contribution >= 4 is 15.9 Å². The van der Waals surface area contributed by atoms with E-state index in [1.165, 1.54) is 10.4 Å². The van der Waals surface area contributed by atoms with E-state index in [0.717, 1.165) is 19.3 Å². The molecule has 1 saturated carbocycles. The molecule has 3 rings (SSSR count). The molecule has 1 fully saturated rings. The smallest absolute Gasteiger partial charge is 0.247 e. The molecule has 1 aromatic carbocycles. The molecule has 182 valence electrons. The Labute approximate surface area is 196 Å². The van der Waals surface area contributed by atoms with Crippen molar-refractivity contribution in [3.63, 3.8) is 0 Å². The van der Waals surface area contributed by atoms with Crippen LogP contribution in [-0.4, -0.2) is 81.2 Å². The van der Waals surface area contributed by atoms with Gasteiger partial charge in [0.25, 0.3) is 0 Å². The van der Waals surface area contributed by atoms with Gasteiger partial charge in [-0.2, -0.15) is 4.31 Å². The quantitative estimate of drug-likeness (QED) is 0.626. The van der Waals surface area contributed by atoms with E-state index >= 15 is 0 Å². The van der Waals surface area contributed by atoms with E-state index in [1.54, 1.807) is 38.1 Å². The fourth-order valence-corrected chi connectivity index (χ4v) is 5.88. The number of likely N-dealkylation sites (N-methyl/N-ethyl adjacent to an activating group) is 1. The minimum Gasteiger partial charge on any atom is -0.487 e. The van der Waals surface area contributed by atoms with Gasteiger partial charge >= 0.3 is 0 Å². The Morgan fingerprint density at radius 1 is 1.39 bits per heavy atom. The predicted molar refractivity (Wildman–Crippen MR) is 124 cm³/mol. The molecular formula is C24H34N2O6S. The SMILES string of the molecule is COCC#Cc1ccc2c(c1)O[C@@H](CN(C)C(=O)C1CCC1)[C@H](C)CN([C@H](C)CO)S2(=O)=O. The van der Waals surface area contributed by atoms with E-state index < -0.39 is 22.2 Å². The number of amides is 1. The molecule has 1 heterocycles. The second-order valence-corrected chi connectivity index (χ2v) is 10.8. The lowest BCUT2D eigenvalue weighted by atomic mass is 9.84. The molecule has 9 heteroatoms. The summed E-state index contributed by atoms with van der Waals surface area (Å²) in [5.74, 6) is 5.97. The Bertz CT molecular complexity index is 1010. The number of sulfonamides is 1. The molecule has 3 atom stereocenters. The molecular weight excluding hydrogens is 444 g/mol. The minimum atomic E-state index is -3.91. The monoisotopic (exact) mass is 478 g/mol. The van der Waals surface area contributed by atoms with Crippen LogP contribution in [0.3, 0.4) is 0 Å². The van der Waals surface area contributed by atoms with Gasteiger partial charge in [0.15, 0.2) is 0 Å². The maximum absolute atomic E-state index is 13.5. The lowest BCUT2D eigenvalue weighted by Crippen LogP contribution is -2.50. The number of benzene rings is 1. The van der Waals surface area contributed by atoms with Gasteiger partial charge in [0, 0.05) is 44.1 Å². The molecule has 2 aliphatic rings. The van der Waals surface area contributed by atoms with Crippen LogP contribution in [-0.2, 0) is 19.6 Å². The van der Waals surface area contributed by atoms with Crippen molar-refractivity contribution in [1.82, 2.24) is 9.21 Å². The fourth-order valence-electron chi connectivity index (χ4n) is 4.06. The number of methoxy groups -OCH3 is 1. The van der Waals surface area contributed by atoms with Gasteiger partial charge in [0.1, 0.15) is 23.4 Å². The van der Waals surface area contributed by atoms with Gasteiger partial charge in [-0.3, -0.25) is 4.79 Å². The first-order valence-corrected chi connectivity index (χ1v) is 12.8. The van der Waals surface area contributed by atoms with E-state index in [0.29, 0.717) is 12.1 Å². The summed E-state index contributed by atoms with van der Waals surface area (Å²) in [6.07, 6.45) is 2.48. The zero-order chi connectivity index (χ0) is 24.2. The van der Waals surface area contributed by atoms with Crippen molar-refractivity contribution in [3.05, 3.63) is 23.8 Å². The highest BCUT2D eigenvalue weighted by Crippen LogP contribution is 2.34. The second-order valence-electron chi connectivity index (χ2n) is 8.98. The third-order valence-corrected chi connectivity index (χ3v) is 8.42. The summed E-state index contributed by atoms with van der Waals surface area (Å²) >= 11 is 0. The maximum Gasteiger partial charge on any atom is 0.247 e. The van der Waals surface area contributed by atoms with Crippen LogP contribution in [0.25, 0.3) is 0 Å². The van der Waals surface area contributed by atoms with Crippen LogP contribution in [0.15, 0.2) is 23.1 Å². The number of aliphatic hydroxyl groups excluding tert-OH is 1. The molecule has 0 aromatic heterocycles. The topological polar surface area (TPSA) is 96.4 Å². The van der Waals surface area contributed by atoms with E-state index in [2.05, 4.69) is 11.8 Å². The van der Waals surface area contributed by atoms with E-state index in [1.807, 2.05) is 6.92 Å². The summed E-state index contributed by atoms with van der Waals surface area (Å²) in [7, 11) is -0.588. The first-order valence-electron chi connectivity index (χ1n) is 11.3. The summed E-state index contributed by atoms with van der Waals surface area (Å²) < 4.78 is 39.5. The number of hydrogen-bond acceptors (Lipinski definition) is 6. The van der Waals surface area contributed by atoms with Crippen molar-refractivity contribution in [2.24, 2.45) is 11.8 Å². The van der Waals surface area contributed by atoms with E-state index in [9.17, 15) is 18.3 Å². The van der Waals surface area contributed by atoms with Gasteiger partial charge < -0.3 is 19.5 Å². The lowest BCUT2D eigenvalue weighted by Gasteiger charge is -2.38.